The van der Waals surface area contributed by atoms with Crippen LogP contribution in [0.5, 0.6) is 0 Å². The number of anilines is 8. The molecule has 0 bridgehead atoms. The number of aryl methyl sites for hydroxylation is 4. The van der Waals surface area contributed by atoms with E-state index in [1.54, 1.807) is 170 Å². The quantitative estimate of drug-likeness (QED) is 0.0605. The van der Waals surface area contributed by atoms with Gasteiger partial charge in [0.1, 0.15) is 46.5 Å². The van der Waals surface area contributed by atoms with Crippen molar-refractivity contribution in [2.24, 2.45) is 0 Å². The van der Waals surface area contributed by atoms with Crippen LogP contribution >= 0.6 is 0 Å². The molecule has 8 rings (SSSR count). The Kier molecular flexibility index (Phi) is 18.2. The maximum absolute atomic E-state index is 12.0. The van der Waals surface area contributed by atoms with Crippen LogP contribution < -0.4 is 41.8 Å². The van der Waals surface area contributed by atoms with Crippen molar-refractivity contribution in [1.82, 2.24) is 19.9 Å². The molecule has 0 atom stereocenters. The molecule has 20 nitrogen and oxygen atoms in total. The molecule has 0 saturated heterocycles. The van der Waals surface area contributed by atoms with Gasteiger partial charge in [0.2, 0.25) is 0 Å². The molecule has 0 unspecified atom stereocenters. The normalized spacial score (nSPS) is 11.2. The number of nitrogen functional groups attached to an aromatic ring is 4. The first-order valence-corrected chi connectivity index (χ1v) is 27.1. The van der Waals surface area contributed by atoms with Gasteiger partial charge in [-0.05, 0) is 125 Å². The summed E-state index contributed by atoms with van der Waals surface area (Å²) < 4.78 is 106. The summed E-state index contributed by atoms with van der Waals surface area (Å²) in [5.41, 5.74) is 25.9. The topological polar surface area (TPSA) is 340 Å². The number of nitrogens with zero attached hydrogens (tertiary/aromatic N) is 4. The third-order valence-corrected chi connectivity index (χ3v) is 14.8. The third kappa shape index (κ3) is 17.0. The molecule has 0 aliphatic rings. The first kappa shape index (κ1) is 54.6. The standard InChI is InChI=1S/4C12H13N3O2S/c4*1-9-5-7-10(8-6-9)18(16,17)15-12-4-2-3-11(13)14-12/h4*2-8H,1H3,(H3,13,14,15). The number of aromatic nitrogens is 4. The van der Waals surface area contributed by atoms with E-state index in [0.29, 0.717) is 0 Å². The molecule has 0 spiro atoms. The fraction of sp³-hybridized carbons (Fsp3) is 0.0833. The highest BCUT2D eigenvalue weighted by Gasteiger charge is 2.17. The Morgan fingerprint density at radius 1 is 0.278 bits per heavy atom. The van der Waals surface area contributed by atoms with Crippen LogP contribution in [-0.2, 0) is 40.1 Å². The number of pyridine rings is 4. The number of rotatable bonds is 12. The summed E-state index contributed by atoms with van der Waals surface area (Å²) >= 11 is 0. The highest BCUT2D eigenvalue weighted by molar-refractivity contribution is 7.93. The summed E-state index contributed by atoms with van der Waals surface area (Å²) in [6.07, 6.45) is 0. The van der Waals surface area contributed by atoms with Crippen LogP contribution in [-0.4, -0.2) is 53.6 Å². The van der Waals surface area contributed by atoms with Gasteiger partial charge in [0.25, 0.3) is 40.1 Å². The highest BCUT2D eigenvalue weighted by atomic mass is 32.2. The zero-order valence-electron chi connectivity index (χ0n) is 39.2. The predicted molar refractivity (Wildman–Crippen MR) is 283 cm³/mol. The Hall–Kier alpha value is -8.32. The molecule has 24 heteroatoms. The Balaban J connectivity index is 0.000000178. The van der Waals surface area contributed by atoms with Crippen LogP contribution in [0.4, 0.5) is 46.5 Å². The molecular weight excluding hydrogens is 1000 g/mol. The van der Waals surface area contributed by atoms with Crippen molar-refractivity contribution in [1.29, 1.82) is 0 Å². The van der Waals surface area contributed by atoms with Crippen LogP contribution in [0, 0.1) is 27.7 Å². The predicted octanol–water partition coefficient (Wildman–Crippen LogP) is 7.09. The minimum Gasteiger partial charge on any atom is -0.384 e. The lowest BCUT2D eigenvalue weighted by Crippen LogP contribution is -2.14. The van der Waals surface area contributed by atoms with Crippen LogP contribution in [0.15, 0.2) is 189 Å². The second-order valence-corrected chi connectivity index (χ2v) is 22.2. The first-order valence-electron chi connectivity index (χ1n) is 21.2. The van der Waals surface area contributed by atoms with Crippen molar-refractivity contribution in [3.05, 3.63) is 192 Å². The van der Waals surface area contributed by atoms with Gasteiger partial charge in [0.05, 0.1) is 19.6 Å². The van der Waals surface area contributed by atoms with E-state index in [1.807, 2.05) is 27.7 Å². The van der Waals surface area contributed by atoms with Crippen LogP contribution in [0.25, 0.3) is 0 Å². The minimum absolute atomic E-state index is 0.192. The SMILES string of the molecule is Cc1ccc(S(=O)(=O)Nc2cccc(N)n2)cc1.Cc1ccc(S(=O)(=O)Nc2cccc(N)n2)cc1.Cc1ccc(S(=O)(=O)Nc2cccc(N)n2)cc1.Cc1ccc(S(=O)(=O)Nc2cccc(N)n2)cc1. The lowest BCUT2D eigenvalue weighted by Gasteiger charge is -2.07. The number of nitrogens with two attached hydrogens (primary N) is 4. The number of benzene rings is 4. The molecule has 72 heavy (non-hydrogen) atoms. The smallest absolute Gasteiger partial charge is 0.263 e. The minimum atomic E-state index is -3.61. The average Bonchev–Trinajstić information content (AvgIpc) is 3.30. The van der Waals surface area contributed by atoms with Gasteiger partial charge < -0.3 is 22.9 Å². The Morgan fingerprint density at radius 2 is 0.444 bits per heavy atom. The Labute approximate surface area is 419 Å². The number of hydrogen-bond acceptors (Lipinski definition) is 16. The molecule has 0 fully saturated rings. The van der Waals surface area contributed by atoms with Crippen molar-refractivity contribution in [3.63, 3.8) is 0 Å². The zero-order chi connectivity index (χ0) is 52.7. The molecule has 0 saturated carbocycles. The van der Waals surface area contributed by atoms with Gasteiger partial charge in [-0.15, -0.1) is 0 Å². The van der Waals surface area contributed by atoms with Gasteiger partial charge in [-0.3, -0.25) is 18.9 Å². The number of hydrogen-bond donors (Lipinski definition) is 8. The monoisotopic (exact) mass is 1050 g/mol. The fourth-order valence-electron chi connectivity index (χ4n) is 5.69. The molecule has 0 radical (unpaired) electrons. The summed E-state index contributed by atoms with van der Waals surface area (Å²) in [7, 11) is -14.5. The molecular formula is C48H52N12O8S4. The van der Waals surface area contributed by atoms with Gasteiger partial charge in [-0.2, -0.15) is 0 Å². The summed E-state index contributed by atoms with van der Waals surface area (Å²) in [4.78, 5) is 16.3. The van der Waals surface area contributed by atoms with E-state index in [2.05, 4.69) is 38.8 Å². The summed E-state index contributed by atoms with van der Waals surface area (Å²) in [5, 5.41) is 0. The van der Waals surface area contributed by atoms with Gasteiger partial charge in [-0.1, -0.05) is 95.1 Å². The van der Waals surface area contributed by atoms with Gasteiger partial charge in [0.15, 0.2) is 0 Å². The van der Waals surface area contributed by atoms with E-state index in [4.69, 9.17) is 22.9 Å². The van der Waals surface area contributed by atoms with Crippen molar-refractivity contribution in [2.75, 3.05) is 41.8 Å². The Bertz CT molecular complexity index is 3080. The summed E-state index contributed by atoms with van der Waals surface area (Å²) in [6, 6.07) is 45.3. The molecule has 12 N–H and O–H groups in total. The van der Waals surface area contributed by atoms with Crippen molar-refractivity contribution >= 4 is 86.6 Å². The maximum atomic E-state index is 12.0. The van der Waals surface area contributed by atoms with Crippen LogP contribution in [0.2, 0.25) is 0 Å². The molecule has 4 aromatic carbocycles. The fourth-order valence-corrected chi connectivity index (χ4v) is 9.69. The number of nitrogens with one attached hydrogen (secondary N) is 4. The van der Waals surface area contributed by atoms with Gasteiger partial charge in [-0.25, -0.2) is 53.6 Å². The van der Waals surface area contributed by atoms with Crippen LogP contribution in [0.1, 0.15) is 22.3 Å². The largest absolute Gasteiger partial charge is 0.384 e. The van der Waals surface area contributed by atoms with E-state index in [-0.39, 0.29) is 66.1 Å². The summed E-state index contributed by atoms with van der Waals surface area (Å²) in [5.74, 6) is 1.87. The van der Waals surface area contributed by atoms with E-state index in [9.17, 15) is 33.7 Å². The van der Waals surface area contributed by atoms with Crippen molar-refractivity contribution < 1.29 is 33.7 Å². The average molecular weight is 1050 g/mol. The van der Waals surface area contributed by atoms with Crippen molar-refractivity contribution in [3.8, 4) is 0 Å². The van der Waals surface area contributed by atoms with E-state index in [1.165, 1.54) is 0 Å². The highest BCUT2D eigenvalue weighted by Crippen LogP contribution is 2.20. The van der Waals surface area contributed by atoms with E-state index < -0.39 is 40.1 Å². The first-order chi connectivity index (χ1) is 33.9. The molecule has 0 amide bonds. The maximum Gasteiger partial charge on any atom is 0.263 e. The van der Waals surface area contributed by atoms with Crippen LogP contribution in [0.3, 0.4) is 0 Å². The second-order valence-electron chi connectivity index (χ2n) is 15.5. The third-order valence-electron chi connectivity index (χ3n) is 9.36. The summed E-state index contributed by atoms with van der Waals surface area (Å²) in [6.45, 7) is 7.57. The molecule has 0 aliphatic heterocycles. The molecule has 376 valence electrons. The molecule has 4 aromatic heterocycles. The molecule has 8 aromatic rings. The second kappa shape index (κ2) is 24.0. The molecule has 0 aliphatic carbocycles. The number of sulfonamides is 4. The lowest BCUT2D eigenvalue weighted by molar-refractivity contribution is 0.599. The Morgan fingerprint density at radius 3 is 0.597 bits per heavy atom. The zero-order valence-corrected chi connectivity index (χ0v) is 42.4. The lowest BCUT2D eigenvalue weighted by atomic mass is 10.2. The van der Waals surface area contributed by atoms with E-state index >= 15 is 0 Å². The van der Waals surface area contributed by atoms with Gasteiger partial charge in [0, 0.05) is 0 Å². The van der Waals surface area contributed by atoms with Gasteiger partial charge >= 0.3 is 0 Å². The molecule has 4 heterocycles. The van der Waals surface area contributed by atoms with E-state index in [0.717, 1.165) is 22.3 Å². The van der Waals surface area contributed by atoms with Crippen molar-refractivity contribution in [2.45, 2.75) is 47.3 Å².